The van der Waals surface area contributed by atoms with E-state index in [0.29, 0.717) is 18.4 Å². The summed E-state index contributed by atoms with van der Waals surface area (Å²) in [6.07, 6.45) is 5.24. The Morgan fingerprint density at radius 2 is 2.18 bits per heavy atom. The van der Waals surface area contributed by atoms with E-state index in [9.17, 15) is 9.59 Å². The van der Waals surface area contributed by atoms with Gasteiger partial charge in [0.25, 0.3) is 0 Å². The van der Waals surface area contributed by atoms with Crippen molar-refractivity contribution in [3.05, 3.63) is 0 Å². The third-order valence-electron chi connectivity index (χ3n) is 4.70. The Kier molecular flexibility index (Phi) is 6.24. The zero-order chi connectivity index (χ0) is 16.1. The lowest BCUT2D eigenvalue weighted by atomic mass is 9.96. The largest absolute Gasteiger partial charge is 0.351 e. The molecule has 22 heavy (non-hydrogen) atoms. The number of carbonyl (C=O) groups excluding carboxylic acids is 2. The van der Waals surface area contributed by atoms with Crippen molar-refractivity contribution in [2.75, 3.05) is 13.1 Å². The van der Waals surface area contributed by atoms with Crippen LogP contribution in [0.1, 0.15) is 59.3 Å². The van der Waals surface area contributed by atoms with Crippen LogP contribution in [0.25, 0.3) is 0 Å². The lowest BCUT2D eigenvalue weighted by Crippen LogP contribution is -2.55. The van der Waals surface area contributed by atoms with Gasteiger partial charge in [-0.05, 0) is 51.5 Å². The summed E-state index contributed by atoms with van der Waals surface area (Å²) in [7, 11) is 0. The quantitative estimate of drug-likeness (QED) is 0.812. The standard InChI is InChI=1S/C17H31N3O2/c1-12(2)10-15(20-9-5-4-6-16(20)21)17(22)19-14-7-8-18-13(3)11-14/h12-15,18H,4-11H2,1-3H3,(H,19,22). The highest BCUT2D eigenvalue weighted by Gasteiger charge is 2.33. The van der Waals surface area contributed by atoms with Crippen LogP contribution in [0, 0.1) is 5.92 Å². The van der Waals surface area contributed by atoms with Crippen LogP contribution in [-0.4, -0.2) is 47.9 Å². The fourth-order valence-corrected chi connectivity index (χ4v) is 3.54. The molecule has 2 amide bonds. The number of nitrogens with zero attached hydrogens (tertiary/aromatic N) is 1. The summed E-state index contributed by atoms with van der Waals surface area (Å²) in [5.74, 6) is 0.589. The average Bonchev–Trinajstić information content (AvgIpc) is 2.45. The van der Waals surface area contributed by atoms with Crippen molar-refractivity contribution >= 4 is 11.8 Å². The molecule has 3 atom stereocenters. The van der Waals surface area contributed by atoms with Crippen molar-refractivity contribution in [3.8, 4) is 0 Å². The lowest BCUT2D eigenvalue weighted by Gasteiger charge is -2.36. The minimum atomic E-state index is -0.294. The summed E-state index contributed by atoms with van der Waals surface area (Å²) in [6, 6.07) is 0.385. The van der Waals surface area contributed by atoms with E-state index in [1.807, 2.05) is 4.90 Å². The Morgan fingerprint density at radius 1 is 1.41 bits per heavy atom. The molecule has 0 aliphatic carbocycles. The summed E-state index contributed by atoms with van der Waals surface area (Å²) in [6.45, 7) is 8.05. The Morgan fingerprint density at radius 3 is 2.82 bits per heavy atom. The molecule has 5 heteroatoms. The molecule has 2 aliphatic rings. The van der Waals surface area contributed by atoms with Gasteiger partial charge >= 0.3 is 0 Å². The molecule has 2 aliphatic heterocycles. The van der Waals surface area contributed by atoms with Crippen LogP contribution in [0.3, 0.4) is 0 Å². The molecule has 0 aromatic rings. The molecule has 0 aromatic heterocycles. The molecule has 2 N–H and O–H groups in total. The van der Waals surface area contributed by atoms with Crippen LogP contribution >= 0.6 is 0 Å². The van der Waals surface area contributed by atoms with Crippen molar-refractivity contribution in [1.29, 1.82) is 0 Å². The lowest BCUT2D eigenvalue weighted by molar-refractivity contribution is -0.143. The SMILES string of the molecule is CC(C)CC(C(=O)NC1CCNC(C)C1)N1CCCCC1=O. The predicted octanol–water partition coefficient (Wildman–Crippen LogP) is 1.67. The van der Waals surface area contributed by atoms with Crippen LogP contribution < -0.4 is 10.6 Å². The molecule has 0 radical (unpaired) electrons. The second-order valence-corrected chi connectivity index (χ2v) is 7.27. The number of piperidine rings is 2. The van der Waals surface area contributed by atoms with E-state index in [1.165, 1.54) is 0 Å². The molecule has 3 unspecified atom stereocenters. The van der Waals surface area contributed by atoms with Crippen molar-refractivity contribution in [3.63, 3.8) is 0 Å². The van der Waals surface area contributed by atoms with Gasteiger partial charge in [-0.15, -0.1) is 0 Å². The van der Waals surface area contributed by atoms with E-state index in [2.05, 4.69) is 31.4 Å². The third-order valence-corrected chi connectivity index (χ3v) is 4.70. The van der Waals surface area contributed by atoms with E-state index in [0.717, 1.165) is 45.2 Å². The topological polar surface area (TPSA) is 61.4 Å². The first kappa shape index (κ1) is 17.3. The van der Waals surface area contributed by atoms with E-state index < -0.39 is 0 Å². The van der Waals surface area contributed by atoms with Gasteiger partial charge in [0, 0.05) is 25.0 Å². The number of hydrogen-bond donors (Lipinski definition) is 2. The van der Waals surface area contributed by atoms with Gasteiger partial charge in [-0.25, -0.2) is 0 Å². The molecule has 126 valence electrons. The number of amides is 2. The molecule has 2 heterocycles. The van der Waals surface area contributed by atoms with Gasteiger partial charge in [0.05, 0.1) is 0 Å². The summed E-state index contributed by atoms with van der Waals surface area (Å²) >= 11 is 0. The second-order valence-electron chi connectivity index (χ2n) is 7.27. The molecule has 5 nitrogen and oxygen atoms in total. The number of rotatable bonds is 5. The van der Waals surface area contributed by atoms with Crippen LogP contribution in [0.4, 0.5) is 0 Å². The maximum atomic E-state index is 12.8. The minimum absolute atomic E-state index is 0.0445. The van der Waals surface area contributed by atoms with E-state index in [4.69, 9.17) is 0 Å². The second kappa shape index (κ2) is 7.95. The molecule has 2 rings (SSSR count). The zero-order valence-corrected chi connectivity index (χ0v) is 14.2. The number of nitrogens with one attached hydrogen (secondary N) is 2. The molecular weight excluding hydrogens is 278 g/mol. The Labute approximate surface area is 134 Å². The molecule has 2 saturated heterocycles. The van der Waals surface area contributed by atoms with Crippen molar-refractivity contribution in [2.45, 2.75) is 77.4 Å². The summed E-state index contributed by atoms with van der Waals surface area (Å²) < 4.78 is 0. The summed E-state index contributed by atoms with van der Waals surface area (Å²) in [5.41, 5.74) is 0. The van der Waals surface area contributed by atoms with Gasteiger partial charge in [0.2, 0.25) is 11.8 Å². The molecule has 0 saturated carbocycles. The van der Waals surface area contributed by atoms with Crippen LogP contribution in [0.2, 0.25) is 0 Å². The number of carbonyl (C=O) groups is 2. The molecule has 0 spiro atoms. The summed E-state index contributed by atoms with van der Waals surface area (Å²) in [5, 5.41) is 6.60. The highest BCUT2D eigenvalue weighted by molar-refractivity contribution is 5.88. The van der Waals surface area contributed by atoms with E-state index in [-0.39, 0.29) is 23.9 Å². The number of likely N-dealkylation sites (tertiary alicyclic amines) is 1. The maximum absolute atomic E-state index is 12.8. The van der Waals surface area contributed by atoms with Crippen molar-refractivity contribution in [1.82, 2.24) is 15.5 Å². The van der Waals surface area contributed by atoms with Gasteiger partial charge in [-0.3, -0.25) is 9.59 Å². The predicted molar refractivity (Wildman–Crippen MR) is 87.4 cm³/mol. The maximum Gasteiger partial charge on any atom is 0.243 e. The van der Waals surface area contributed by atoms with Crippen LogP contribution in [0.15, 0.2) is 0 Å². The Bertz CT molecular complexity index is 397. The van der Waals surface area contributed by atoms with Gasteiger partial charge < -0.3 is 15.5 Å². The first-order chi connectivity index (χ1) is 10.5. The first-order valence-electron chi connectivity index (χ1n) is 8.80. The zero-order valence-electron chi connectivity index (χ0n) is 14.2. The van der Waals surface area contributed by atoms with E-state index >= 15 is 0 Å². The third kappa shape index (κ3) is 4.70. The fraction of sp³-hybridized carbons (Fsp3) is 0.882. The minimum Gasteiger partial charge on any atom is -0.351 e. The van der Waals surface area contributed by atoms with Gasteiger partial charge in [0.1, 0.15) is 6.04 Å². The Hall–Kier alpha value is -1.10. The average molecular weight is 309 g/mol. The molecular formula is C17H31N3O2. The van der Waals surface area contributed by atoms with Crippen molar-refractivity contribution in [2.24, 2.45) is 5.92 Å². The fourth-order valence-electron chi connectivity index (χ4n) is 3.54. The number of hydrogen-bond acceptors (Lipinski definition) is 3. The van der Waals surface area contributed by atoms with Crippen LogP contribution in [-0.2, 0) is 9.59 Å². The summed E-state index contributed by atoms with van der Waals surface area (Å²) in [4.78, 5) is 26.8. The highest BCUT2D eigenvalue weighted by atomic mass is 16.2. The van der Waals surface area contributed by atoms with E-state index in [1.54, 1.807) is 0 Å². The Balaban J connectivity index is 2.00. The van der Waals surface area contributed by atoms with Gasteiger partial charge in [-0.2, -0.15) is 0 Å². The molecule has 0 aromatic carbocycles. The normalized spacial score (nSPS) is 27.8. The molecule has 2 fully saturated rings. The van der Waals surface area contributed by atoms with Crippen LogP contribution in [0.5, 0.6) is 0 Å². The van der Waals surface area contributed by atoms with Gasteiger partial charge in [-0.1, -0.05) is 13.8 Å². The van der Waals surface area contributed by atoms with Gasteiger partial charge in [0.15, 0.2) is 0 Å². The first-order valence-corrected chi connectivity index (χ1v) is 8.80. The van der Waals surface area contributed by atoms with Crippen molar-refractivity contribution < 1.29 is 9.59 Å². The monoisotopic (exact) mass is 309 g/mol. The molecule has 0 bridgehead atoms. The smallest absolute Gasteiger partial charge is 0.243 e. The highest BCUT2D eigenvalue weighted by Crippen LogP contribution is 2.20.